The van der Waals surface area contributed by atoms with Crippen molar-refractivity contribution in [1.29, 1.82) is 0 Å². The van der Waals surface area contributed by atoms with Gasteiger partial charge in [-0.2, -0.15) is 4.98 Å². The van der Waals surface area contributed by atoms with Gasteiger partial charge in [0.25, 0.3) is 5.56 Å². The summed E-state index contributed by atoms with van der Waals surface area (Å²) >= 11 is 5.45. The molecule has 0 spiro atoms. The minimum Gasteiger partial charge on any atom is -0.368 e. The highest BCUT2D eigenvalue weighted by Crippen LogP contribution is 2.32. The molecule has 3 N–H and O–H groups in total. The highest BCUT2D eigenvalue weighted by molar-refractivity contribution is 6.27. The number of Topliss-reactive ketones (excluding diaryl/α,β-unsaturated/α-hetero) is 1. The molecule has 14 heteroatoms. The van der Waals surface area contributed by atoms with Gasteiger partial charge in [0, 0.05) is 69.9 Å². The van der Waals surface area contributed by atoms with Gasteiger partial charge in [-0.1, -0.05) is 12.8 Å². The normalized spacial score (nSPS) is 15.7. The van der Waals surface area contributed by atoms with E-state index in [2.05, 4.69) is 35.7 Å². The van der Waals surface area contributed by atoms with Crippen molar-refractivity contribution in [1.82, 2.24) is 35.1 Å². The quantitative estimate of drug-likeness (QED) is 0.143. The van der Waals surface area contributed by atoms with E-state index in [9.17, 15) is 19.2 Å². The van der Waals surface area contributed by atoms with Crippen LogP contribution in [-0.2, 0) is 9.59 Å². The number of carbonyl (C=O) groups excluding carboxylic acids is 3. The first-order chi connectivity index (χ1) is 22.2. The van der Waals surface area contributed by atoms with Gasteiger partial charge in [-0.15, -0.1) is 11.6 Å². The van der Waals surface area contributed by atoms with Crippen molar-refractivity contribution in [2.24, 2.45) is 0 Å². The molecule has 2 fully saturated rings. The molecule has 0 bridgehead atoms. The van der Waals surface area contributed by atoms with Crippen LogP contribution in [0.3, 0.4) is 0 Å². The summed E-state index contributed by atoms with van der Waals surface area (Å²) in [4.78, 5) is 67.6. The molecule has 3 aromatic rings. The molecule has 1 saturated heterocycles. The number of alkyl halides is 1. The van der Waals surface area contributed by atoms with E-state index in [1.807, 2.05) is 18.3 Å². The summed E-state index contributed by atoms with van der Waals surface area (Å²) in [5.74, 6) is 0.418. The van der Waals surface area contributed by atoms with E-state index in [0.717, 1.165) is 57.5 Å². The molecule has 1 aliphatic heterocycles. The second-order valence-corrected chi connectivity index (χ2v) is 12.2. The minimum atomic E-state index is -0.276. The zero-order valence-electron chi connectivity index (χ0n) is 26.5. The molecule has 0 atom stereocenters. The van der Waals surface area contributed by atoms with E-state index in [1.54, 1.807) is 17.7 Å². The molecule has 4 heterocycles. The highest BCUT2D eigenvalue weighted by atomic mass is 35.5. The fourth-order valence-corrected chi connectivity index (χ4v) is 6.33. The van der Waals surface area contributed by atoms with E-state index in [1.165, 1.54) is 6.92 Å². The molecule has 5 rings (SSSR count). The summed E-state index contributed by atoms with van der Waals surface area (Å²) in [6, 6.07) is 3.90. The number of nitrogens with one attached hydrogen (secondary N) is 3. The predicted molar refractivity (Wildman–Crippen MR) is 178 cm³/mol. The predicted octanol–water partition coefficient (Wildman–Crippen LogP) is 2.93. The molecule has 13 nitrogen and oxygen atoms in total. The number of anilines is 3. The Labute approximate surface area is 273 Å². The zero-order chi connectivity index (χ0) is 32.6. The summed E-state index contributed by atoms with van der Waals surface area (Å²) < 4.78 is 1.70. The van der Waals surface area contributed by atoms with Crippen molar-refractivity contribution in [2.75, 3.05) is 61.9 Å². The Morgan fingerprint density at radius 3 is 2.35 bits per heavy atom. The summed E-state index contributed by atoms with van der Waals surface area (Å²) in [7, 11) is 0. The average molecular weight is 652 g/mol. The van der Waals surface area contributed by atoms with Gasteiger partial charge < -0.3 is 20.9 Å². The van der Waals surface area contributed by atoms with E-state index >= 15 is 0 Å². The van der Waals surface area contributed by atoms with Crippen LogP contribution in [-0.4, -0.2) is 93.7 Å². The lowest BCUT2D eigenvalue weighted by molar-refractivity contribution is -0.121. The molecule has 246 valence electrons. The third-order valence-corrected chi connectivity index (χ3v) is 8.99. The van der Waals surface area contributed by atoms with Crippen LogP contribution in [0.25, 0.3) is 11.0 Å². The number of halogens is 1. The van der Waals surface area contributed by atoms with Gasteiger partial charge in [-0.05, 0) is 50.8 Å². The number of pyridine rings is 2. The van der Waals surface area contributed by atoms with Gasteiger partial charge in [0.1, 0.15) is 17.3 Å². The minimum absolute atomic E-state index is 0.00606. The fraction of sp³-hybridized carbons (Fsp3) is 0.531. The standard InChI is InChI=1S/C32H42ClN9O4/c1-21-25-20-37-32(39-30(25)42(23-6-3-4-7-23)31(46)29(21)22(2)43)38-26-9-8-24(19-36-26)41-16-14-40(15-17-41)13-10-27(44)34-11-5-12-35-28(45)18-33/h8-9,19-20,23H,3-7,10-18H2,1-2H3,(H,34,44)(H,35,45)(H,36,37,38,39). The number of amides is 2. The molecule has 46 heavy (non-hydrogen) atoms. The van der Waals surface area contributed by atoms with Crippen LogP contribution in [0.15, 0.2) is 29.3 Å². The number of carbonyl (C=O) groups is 3. The lowest BCUT2D eigenvalue weighted by Gasteiger charge is -2.35. The van der Waals surface area contributed by atoms with Crippen LogP contribution in [0, 0.1) is 6.92 Å². The lowest BCUT2D eigenvalue weighted by atomic mass is 10.0. The van der Waals surface area contributed by atoms with E-state index in [4.69, 9.17) is 16.6 Å². The van der Waals surface area contributed by atoms with Gasteiger partial charge >= 0.3 is 0 Å². The third kappa shape index (κ3) is 8.00. The number of rotatable bonds is 13. The van der Waals surface area contributed by atoms with Crippen molar-refractivity contribution in [3.63, 3.8) is 0 Å². The maximum absolute atomic E-state index is 13.5. The smallest absolute Gasteiger partial charge is 0.263 e. The summed E-state index contributed by atoms with van der Waals surface area (Å²) in [6.07, 6.45) is 8.44. The highest BCUT2D eigenvalue weighted by Gasteiger charge is 2.26. The molecule has 2 aliphatic rings. The second kappa shape index (κ2) is 15.5. The first-order valence-corrected chi connectivity index (χ1v) is 16.5. The van der Waals surface area contributed by atoms with Crippen molar-refractivity contribution in [2.45, 2.75) is 58.4 Å². The van der Waals surface area contributed by atoms with Crippen molar-refractivity contribution in [3.8, 4) is 0 Å². The Morgan fingerprint density at radius 1 is 0.978 bits per heavy atom. The summed E-state index contributed by atoms with van der Waals surface area (Å²) in [5.41, 5.74) is 2.09. The van der Waals surface area contributed by atoms with E-state index in [0.29, 0.717) is 60.8 Å². The fourth-order valence-electron chi connectivity index (χ4n) is 6.24. The van der Waals surface area contributed by atoms with Crippen molar-refractivity contribution in [3.05, 3.63) is 46.0 Å². The SMILES string of the molecule is CC(=O)c1c(C)c2cnc(Nc3ccc(N4CCN(CCC(=O)NCCCNC(=O)CCl)CC4)cn3)nc2n(C2CCCC2)c1=O. The van der Waals surface area contributed by atoms with Gasteiger partial charge in [0.15, 0.2) is 5.78 Å². The summed E-state index contributed by atoms with van der Waals surface area (Å²) in [5, 5.41) is 9.46. The molecule has 3 aromatic heterocycles. The first-order valence-electron chi connectivity index (χ1n) is 16.0. The Balaban J connectivity index is 1.15. The number of hydrogen-bond donors (Lipinski definition) is 3. The molecule has 1 aliphatic carbocycles. The Hall–Kier alpha value is -4.10. The Morgan fingerprint density at radius 2 is 1.70 bits per heavy atom. The number of ketones is 1. The number of fused-ring (bicyclic) bond motifs is 1. The lowest BCUT2D eigenvalue weighted by Crippen LogP contribution is -2.47. The topological polar surface area (TPSA) is 154 Å². The van der Waals surface area contributed by atoms with Gasteiger partial charge in [-0.3, -0.25) is 28.6 Å². The van der Waals surface area contributed by atoms with Crippen LogP contribution in [0.2, 0.25) is 0 Å². The number of nitrogens with zero attached hydrogens (tertiary/aromatic N) is 6. The molecule has 0 aromatic carbocycles. The van der Waals surface area contributed by atoms with E-state index < -0.39 is 0 Å². The Kier molecular flexibility index (Phi) is 11.2. The largest absolute Gasteiger partial charge is 0.368 e. The van der Waals surface area contributed by atoms with Crippen LogP contribution in [0.1, 0.15) is 67.4 Å². The zero-order valence-corrected chi connectivity index (χ0v) is 27.2. The Bertz CT molecular complexity index is 1610. The van der Waals surface area contributed by atoms with Crippen molar-refractivity contribution < 1.29 is 14.4 Å². The number of hydrogen-bond acceptors (Lipinski definition) is 10. The maximum Gasteiger partial charge on any atom is 0.263 e. The number of piperazine rings is 1. The van der Waals surface area contributed by atoms with Crippen LogP contribution in [0.5, 0.6) is 0 Å². The molecule has 0 radical (unpaired) electrons. The molecule has 0 unspecified atom stereocenters. The van der Waals surface area contributed by atoms with Crippen LogP contribution in [0.4, 0.5) is 17.5 Å². The van der Waals surface area contributed by atoms with Crippen molar-refractivity contribution >= 4 is 57.7 Å². The number of aromatic nitrogens is 4. The first kappa shape index (κ1) is 33.3. The number of aryl methyl sites for hydroxylation is 1. The molecular formula is C32H42ClN9O4. The maximum atomic E-state index is 13.5. The second-order valence-electron chi connectivity index (χ2n) is 11.9. The van der Waals surface area contributed by atoms with Gasteiger partial charge in [0.2, 0.25) is 17.8 Å². The molecular weight excluding hydrogens is 610 g/mol. The van der Waals surface area contributed by atoms with E-state index in [-0.39, 0.29) is 40.6 Å². The summed E-state index contributed by atoms with van der Waals surface area (Å²) in [6.45, 7) is 8.25. The van der Waals surface area contributed by atoms with Gasteiger partial charge in [0.05, 0.1) is 17.4 Å². The van der Waals surface area contributed by atoms with Gasteiger partial charge in [-0.25, -0.2) is 9.97 Å². The molecule has 2 amide bonds. The third-order valence-electron chi connectivity index (χ3n) is 8.75. The monoisotopic (exact) mass is 651 g/mol. The average Bonchev–Trinajstić information content (AvgIpc) is 3.58. The molecule has 1 saturated carbocycles. The van der Waals surface area contributed by atoms with Crippen LogP contribution < -0.4 is 26.4 Å². The van der Waals surface area contributed by atoms with Crippen LogP contribution >= 0.6 is 11.6 Å².